The van der Waals surface area contributed by atoms with Crippen molar-refractivity contribution in [2.75, 3.05) is 13.1 Å². The number of amides is 1. The van der Waals surface area contributed by atoms with Crippen molar-refractivity contribution < 1.29 is 4.79 Å². The summed E-state index contributed by atoms with van der Waals surface area (Å²) in [6, 6.07) is 2.03. The lowest BCUT2D eigenvalue weighted by atomic mass is 9.93. The quantitative estimate of drug-likeness (QED) is 0.884. The average molecular weight is 247 g/mol. The zero-order chi connectivity index (χ0) is 12.4. The molecule has 1 aliphatic heterocycles. The number of rotatable bonds is 4. The first kappa shape index (κ1) is 11.8. The van der Waals surface area contributed by atoms with Crippen LogP contribution in [0.5, 0.6) is 0 Å². The van der Waals surface area contributed by atoms with E-state index in [1.54, 1.807) is 6.20 Å². The van der Waals surface area contributed by atoms with Crippen molar-refractivity contribution in [3.63, 3.8) is 0 Å². The Hall–Kier alpha value is -1.32. The molecule has 98 valence electrons. The second-order valence-electron chi connectivity index (χ2n) is 5.78. The van der Waals surface area contributed by atoms with E-state index >= 15 is 0 Å². The van der Waals surface area contributed by atoms with Crippen molar-refractivity contribution in [2.45, 2.75) is 38.5 Å². The van der Waals surface area contributed by atoms with Gasteiger partial charge < -0.3 is 4.90 Å². The maximum absolute atomic E-state index is 12.1. The van der Waals surface area contributed by atoms with E-state index in [0.29, 0.717) is 17.7 Å². The molecule has 1 N–H and O–H groups in total. The highest BCUT2D eigenvalue weighted by atomic mass is 16.2. The molecule has 1 atom stereocenters. The molecular weight excluding hydrogens is 226 g/mol. The second-order valence-corrected chi connectivity index (χ2v) is 5.78. The van der Waals surface area contributed by atoms with Gasteiger partial charge in [0.15, 0.2) is 0 Å². The molecule has 1 aromatic heterocycles. The van der Waals surface area contributed by atoms with Gasteiger partial charge in [-0.1, -0.05) is 0 Å². The van der Waals surface area contributed by atoms with Gasteiger partial charge in [-0.05, 0) is 50.0 Å². The Morgan fingerprint density at radius 3 is 3.00 bits per heavy atom. The number of aromatic amines is 1. The van der Waals surface area contributed by atoms with Crippen LogP contribution >= 0.6 is 0 Å². The summed E-state index contributed by atoms with van der Waals surface area (Å²) in [5.41, 5.74) is 1.19. The zero-order valence-electron chi connectivity index (χ0n) is 10.8. The summed E-state index contributed by atoms with van der Waals surface area (Å²) in [5.74, 6) is 1.68. The average Bonchev–Trinajstić information content (AvgIpc) is 3.04. The molecule has 1 saturated carbocycles. The molecular formula is C14H21N3O. The fourth-order valence-electron chi connectivity index (χ4n) is 2.87. The molecule has 0 aromatic carbocycles. The summed E-state index contributed by atoms with van der Waals surface area (Å²) in [6.45, 7) is 1.90. The number of nitrogens with one attached hydrogen (secondary N) is 1. The normalized spacial score (nSPS) is 24.2. The minimum atomic E-state index is 0.381. The van der Waals surface area contributed by atoms with E-state index in [0.717, 1.165) is 32.4 Å². The SMILES string of the molecule is O=C(CC1CC1)N1CCC[C@H](Cc2ccn[nH]2)C1. The van der Waals surface area contributed by atoms with Crippen LogP contribution in [0.1, 0.15) is 37.8 Å². The van der Waals surface area contributed by atoms with E-state index in [1.165, 1.54) is 25.0 Å². The highest BCUT2D eigenvalue weighted by molar-refractivity contribution is 5.76. The van der Waals surface area contributed by atoms with Gasteiger partial charge in [-0.3, -0.25) is 9.89 Å². The molecule has 1 aliphatic carbocycles. The van der Waals surface area contributed by atoms with Crippen LogP contribution in [0, 0.1) is 11.8 Å². The Bertz CT molecular complexity index is 397. The van der Waals surface area contributed by atoms with Gasteiger partial charge in [-0.2, -0.15) is 5.10 Å². The number of nitrogens with zero attached hydrogens (tertiary/aromatic N) is 2. The van der Waals surface area contributed by atoms with Crippen LogP contribution in [0.3, 0.4) is 0 Å². The van der Waals surface area contributed by atoms with Crippen LogP contribution in [-0.4, -0.2) is 34.1 Å². The highest BCUT2D eigenvalue weighted by Gasteiger charge is 2.29. The van der Waals surface area contributed by atoms with Gasteiger partial charge in [0.1, 0.15) is 0 Å². The van der Waals surface area contributed by atoms with Crippen molar-refractivity contribution in [1.29, 1.82) is 0 Å². The van der Waals surface area contributed by atoms with Crippen molar-refractivity contribution >= 4 is 5.91 Å². The summed E-state index contributed by atoms with van der Waals surface area (Å²) in [4.78, 5) is 14.2. The lowest BCUT2D eigenvalue weighted by Crippen LogP contribution is -2.40. The molecule has 1 amide bonds. The predicted molar refractivity (Wildman–Crippen MR) is 68.9 cm³/mol. The second kappa shape index (κ2) is 5.12. The smallest absolute Gasteiger partial charge is 0.222 e. The molecule has 0 spiro atoms. The number of hydrogen-bond donors (Lipinski definition) is 1. The molecule has 4 nitrogen and oxygen atoms in total. The molecule has 4 heteroatoms. The molecule has 1 saturated heterocycles. The monoisotopic (exact) mass is 247 g/mol. The van der Waals surface area contributed by atoms with E-state index < -0.39 is 0 Å². The number of H-pyrrole nitrogens is 1. The molecule has 2 fully saturated rings. The number of aromatic nitrogens is 2. The first-order valence-electron chi connectivity index (χ1n) is 7.07. The van der Waals surface area contributed by atoms with Gasteiger partial charge in [0.05, 0.1) is 0 Å². The van der Waals surface area contributed by atoms with Crippen molar-refractivity contribution in [1.82, 2.24) is 15.1 Å². The zero-order valence-corrected chi connectivity index (χ0v) is 10.8. The molecule has 1 aromatic rings. The van der Waals surface area contributed by atoms with E-state index in [2.05, 4.69) is 15.1 Å². The number of piperidine rings is 1. The van der Waals surface area contributed by atoms with Crippen LogP contribution in [0.15, 0.2) is 12.3 Å². The number of carbonyl (C=O) groups excluding carboxylic acids is 1. The van der Waals surface area contributed by atoms with Gasteiger partial charge in [0.25, 0.3) is 0 Å². The van der Waals surface area contributed by atoms with Gasteiger partial charge in [-0.15, -0.1) is 0 Å². The number of likely N-dealkylation sites (tertiary alicyclic amines) is 1. The molecule has 2 heterocycles. The van der Waals surface area contributed by atoms with Crippen LogP contribution < -0.4 is 0 Å². The van der Waals surface area contributed by atoms with E-state index in [4.69, 9.17) is 0 Å². The lowest BCUT2D eigenvalue weighted by Gasteiger charge is -2.32. The minimum absolute atomic E-state index is 0.381. The predicted octanol–water partition coefficient (Wildman–Crippen LogP) is 1.99. The fourth-order valence-corrected chi connectivity index (χ4v) is 2.87. The first-order chi connectivity index (χ1) is 8.81. The molecule has 2 aliphatic rings. The van der Waals surface area contributed by atoms with E-state index in [-0.39, 0.29) is 0 Å². The van der Waals surface area contributed by atoms with Crippen molar-refractivity contribution in [3.8, 4) is 0 Å². The Balaban J connectivity index is 1.52. The van der Waals surface area contributed by atoms with Gasteiger partial charge >= 0.3 is 0 Å². The lowest BCUT2D eigenvalue weighted by molar-refractivity contribution is -0.133. The van der Waals surface area contributed by atoms with Gasteiger partial charge in [0.2, 0.25) is 5.91 Å². The highest BCUT2D eigenvalue weighted by Crippen LogP contribution is 2.33. The summed E-state index contributed by atoms with van der Waals surface area (Å²) in [7, 11) is 0. The standard InChI is InChI=1S/C14H21N3O/c18-14(9-11-3-4-11)17-7-1-2-12(10-17)8-13-5-6-15-16-13/h5-6,11-12H,1-4,7-10H2,(H,15,16)/t12-/m1/s1. The Kier molecular flexibility index (Phi) is 3.35. The van der Waals surface area contributed by atoms with E-state index in [9.17, 15) is 4.79 Å². The topological polar surface area (TPSA) is 49.0 Å². The Morgan fingerprint density at radius 2 is 2.28 bits per heavy atom. The number of carbonyl (C=O) groups is 1. The molecule has 18 heavy (non-hydrogen) atoms. The third-order valence-corrected chi connectivity index (χ3v) is 4.10. The van der Waals surface area contributed by atoms with Crippen LogP contribution in [0.2, 0.25) is 0 Å². The van der Waals surface area contributed by atoms with Crippen molar-refractivity contribution in [3.05, 3.63) is 18.0 Å². The third-order valence-electron chi connectivity index (χ3n) is 4.10. The molecule has 0 unspecified atom stereocenters. The van der Waals surface area contributed by atoms with Gasteiger partial charge in [0, 0.05) is 31.4 Å². The van der Waals surface area contributed by atoms with E-state index in [1.807, 2.05) is 6.07 Å². The van der Waals surface area contributed by atoms with Gasteiger partial charge in [-0.25, -0.2) is 0 Å². The number of hydrogen-bond acceptors (Lipinski definition) is 2. The summed E-state index contributed by atoms with van der Waals surface area (Å²) < 4.78 is 0. The summed E-state index contributed by atoms with van der Waals surface area (Å²) in [5, 5.41) is 7.00. The fraction of sp³-hybridized carbons (Fsp3) is 0.714. The Morgan fingerprint density at radius 1 is 1.39 bits per heavy atom. The molecule has 3 rings (SSSR count). The summed E-state index contributed by atoms with van der Waals surface area (Å²) >= 11 is 0. The molecule has 0 radical (unpaired) electrons. The largest absolute Gasteiger partial charge is 0.342 e. The summed E-state index contributed by atoms with van der Waals surface area (Å²) in [6.07, 6.45) is 8.51. The maximum Gasteiger partial charge on any atom is 0.222 e. The Labute approximate surface area is 108 Å². The van der Waals surface area contributed by atoms with Crippen LogP contribution in [0.4, 0.5) is 0 Å². The van der Waals surface area contributed by atoms with Crippen LogP contribution in [0.25, 0.3) is 0 Å². The third kappa shape index (κ3) is 2.92. The minimum Gasteiger partial charge on any atom is -0.342 e. The van der Waals surface area contributed by atoms with Crippen LogP contribution in [-0.2, 0) is 11.2 Å². The molecule has 0 bridgehead atoms. The maximum atomic E-state index is 12.1. The first-order valence-corrected chi connectivity index (χ1v) is 7.07. The van der Waals surface area contributed by atoms with Crippen molar-refractivity contribution in [2.24, 2.45) is 11.8 Å².